The van der Waals surface area contributed by atoms with Crippen LogP contribution < -0.4 is 10.1 Å². The maximum atomic E-state index is 13.8. The highest BCUT2D eigenvalue weighted by molar-refractivity contribution is 7.13. The number of ether oxygens (including phenoxy) is 1. The van der Waals surface area contributed by atoms with E-state index < -0.39 is 47.3 Å². The molecule has 204 valence electrons. The van der Waals surface area contributed by atoms with Gasteiger partial charge in [0, 0.05) is 17.3 Å². The number of rotatable bonds is 8. The van der Waals surface area contributed by atoms with Crippen LogP contribution in [0, 0.1) is 0 Å². The number of alkyl halides is 5. The number of carboxylic acids is 1. The zero-order valence-electron chi connectivity index (χ0n) is 20.3. The number of nitrogens with zero attached hydrogens (tertiary/aromatic N) is 2. The molecule has 13 heteroatoms. The fraction of sp³-hybridized carbons (Fsp3) is 0.192. The van der Waals surface area contributed by atoms with Crippen molar-refractivity contribution in [3.05, 3.63) is 87.9 Å². The zero-order chi connectivity index (χ0) is 28.5. The number of amides is 1. The smallest absolute Gasteiger partial charge is 0.416 e. The highest BCUT2D eigenvalue weighted by Crippen LogP contribution is 2.38. The highest BCUT2D eigenvalue weighted by Gasteiger charge is 2.31. The van der Waals surface area contributed by atoms with Crippen LogP contribution in [0.15, 0.2) is 60.0 Å². The molecule has 4 rings (SSSR count). The van der Waals surface area contributed by atoms with Crippen LogP contribution >= 0.6 is 11.3 Å². The fourth-order valence-electron chi connectivity index (χ4n) is 3.74. The third kappa shape index (κ3) is 6.08. The molecular weight excluding hydrogens is 545 g/mol. The third-order valence-corrected chi connectivity index (χ3v) is 6.70. The van der Waals surface area contributed by atoms with Crippen molar-refractivity contribution in [1.82, 2.24) is 15.1 Å². The van der Waals surface area contributed by atoms with Gasteiger partial charge in [0.15, 0.2) is 0 Å². The highest BCUT2D eigenvalue weighted by atomic mass is 32.1. The Hall–Kier alpha value is -4.26. The molecular formula is C26H20F5N3O4S. The van der Waals surface area contributed by atoms with Crippen molar-refractivity contribution in [3.63, 3.8) is 0 Å². The first-order valence-electron chi connectivity index (χ1n) is 11.3. The molecule has 0 aliphatic rings. The van der Waals surface area contributed by atoms with Crippen LogP contribution in [0.3, 0.4) is 0 Å². The fourth-order valence-corrected chi connectivity index (χ4v) is 4.55. The Morgan fingerprint density at radius 1 is 1.08 bits per heavy atom. The van der Waals surface area contributed by atoms with Gasteiger partial charge in [0.25, 0.3) is 12.3 Å². The van der Waals surface area contributed by atoms with Gasteiger partial charge in [0.2, 0.25) is 5.88 Å². The van der Waals surface area contributed by atoms with E-state index in [1.165, 1.54) is 54.9 Å². The Kier molecular flexibility index (Phi) is 7.72. The second kappa shape index (κ2) is 10.8. The lowest BCUT2D eigenvalue weighted by Gasteiger charge is -2.15. The number of thiophene rings is 1. The topological polar surface area (TPSA) is 93.5 Å². The number of aromatic nitrogens is 2. The average Bonchev–Trinajstić information content (AvgIpc) is 3.48. The van der Waals surface area contributed by atoms with Gasteiger partial charge in [-0.05, 0) is 48.4 Å². The molecule has 0 saturated carbocycles. The first kappa shape index (κ1) is 27.8. The van der Waals surface area contributed by atoms with E-state index in [1.807, 2.05) is 0 Å². The Morgan fingerprint density at radius 3 is 2.28 bits per heavy atom. The number of halogens is 5. The molecule has 0 saturated heterocycles. The minimum absolute atomic E-state index is 0.0478. The predicted octanol–water partition coefficient (Wildman–Crippen LogP) is 7.09. The van der Waals surface area contributed by atoms with Crippen LogP contribution in [0.5, 0.6) is 11.6 Å². The van der Waals surface area contributed by atoms with Crippen LogP contribution in [0.2, 0.25) is 0 Å². The summed E-state index contributed by atoms with van der Waals surface area (Å²) < 4.78 is 72.9. The van der Waals surface area contributed by atoms with Crippen LogP contribution in [0.1, 0.15) is 56.9 Å². The number of benzene rings is 2. The van der Waals surface area contributed by atoms with Gasteiger partial charge in [-0.25, -0.2) is 18.3 Å². The van der Waals surface area contributed by atoms with E-state index in [-0.39, 0.29) is 17.2 Å². The zero-order valence-corrected chi connectivity index (χ0v) is 21.1. The van der Waals surface area contributed by atoms with Gasteiger partial charge in [0.05, 0.1) is 17.2 Å². The second-order valence-corrected chi connectivity index (χ2v) is 9.35. The summed E-state index contributed by atoms with van der Waals surface area (Å²) in [5.41, 5.74) is -0.998. The maximum Gasteiger partial charge on any atom is 0.416 e. The maximum absolute atomic E-state index is 13.8. The van der Waals surface area contributed by atoms with Crippen molar-refractivity contribution < 1.29 is 41.4 Å². The van der Waals surface area contributed by atoms with Crippen molar-refractivity contribution in [2.75, 3.05) is 0 Å². The van der Waals surface area contributed by atoms with Gasteiger partial charge in [-0.2, -0.15) is 18.3 Å². The average molecular weight is 566 g/mol. The number of aromatic carboxylic acids is 1. The molecule has 1 atom stereocenters. The summed E-state index contributed by atoms with van der Waals surface area (Å²) >= 11 is 1.15. The lowest BCUT2D eigenvalue weighted by atomic mass is 10.1. The van der Waals surface area contributed by atoms with Gasteiger partial charge in [0.1, 0.15) is 17.0 Å². The van der Waals surface area contributed by atoms with E-state index in [1.54, 1.807) is 6.92 Å². The van der Waals surface area contributed by atoms with E-state index in [0.29, 0.717) is 16.0 Å². The number of carbonyl (C=O) groups excluding carboxylic acids is 1. The number of aryl methyl sites for hydroxylation is 1. The SMILES string of the molecule is C[C@H](NC(=O)c1c(C(F)F)nn(C)c1Oc1csc(-c2ccc(C(F)(F)F)cc2)c1)c1ccc(C(=O)O)cc1. The molecule has 2 heterocycles. The number of nitrogens with one attached hydrogen (secondary N) is 1. The molecule has 0 aliphatic carbocycles. The summed E-state index contributed by atoms with van der Waals surface area (Å²) in [4.78, 5) is 24.8. The Bertz CT molecular complexity index is 1500. The van der Waals surface area contributed by atoms with Crippen molar-refractivity contribution in [2.24, 2.45) is 7.05 Å². The number of carbonyl (C=O) groups is 2. The largest absolute Gasteiger partial charge is 0.478 e. The summed E-state index contributed by atoms with van der Waals surface area (Å²) in [5, 5.41) is 16.9. The van der Waals surface area contributed by atoms with Crippen molar-refractivity contribution >= 4 is 23.2 Å². The summed E-state index contributed by atoms with van der Waals surface area (Å²) in [6, 6.07) is 11.1. The number of hydrogen-bond donors (Lipinski definition) is 2. The van der Waals surface area contributed by atoms with Crippen LogP contribution in [0.25, 0.3) is 10.4 Å². The summed E-state index contributed by atoms with van der Waals surface area (Å²) in [6.45, 7) is 1.60. The normalized spacial score (nSPS) is 12.4. The molecule has 0 aliphatic heterocycles. The van der Waals surface area contributed by atoms with Gasteiger partial charge < -0.3 is 15.2 Å². The van der Waals surface area contributed by atoms with E-state index in [4.69, 9.17) is 9.84 Å². The van der Waals surface area contributed by atoms with Gasteiger partial charge in [-0.15, -0.1) is 11.3 Å². The molecule has 4 aromatic rings. The molecule has 7 nitrogen and oxygen atoms in total. The molecule has 2 aromatic heterocycles. The molecule has 2 aromatic carbocycles. The summed E-state index contributed by atoms with van der Waals surface area (Å²) in [6.07, 6.45) is -7.56. The number of hydrogen-bond acceptors (Lipinski definition) is 5. The van der Waals surface area contributed by atoms with E-state index in [0.717, 1.165) is 28.2 Å². The van der Waals surface area contributed by atoms with E-state index in [2.05, 4.69) is 10.4 Å². The quantitative estimate of drug-likeness (QED) is 0.223. The molecule has 0 unspecified atom stereocenters. The predicted molar refractivity (Wildman–Crippen MR) is 132 cm³/mol. The molecule has 0 spiro atoms. The Labute approximate surface area is 222 Å². The molecule has 0 fully saturated rings. The minimum Gasteiger partial charge on any atom is -0.478 e. The minimum atomic E-state index is -4.47. The Balaban J connectivity index is 1.58. The molecule has 0 radical (unpaired) electrons. The standard InChI is InChI=1S/C26H20F5N3O4S/c1-13(14-3-5-16(6-4-14)25(36)37)32-23(35)20-21(22(27)28)33-34(2)24(20)38-18-11-19(39-12-18)15-7-9-17(10-8-15)26(29,30)31/h3-13,22H,1-2H3,(H,32,35)(H,36,37)/t13-/m0/s1. The van der Waals surface area contributed by atoms with Crippen LogP contribution in [0.4, 0.5) is 22.0 Å². The monoisotopic (exact) mass is 565 g/mol. The van der Waals surface area contributed by atoms with Gasteiger partial charge in [-0.3, -0.25) is 4.79 Å². The molecule has 39 heavy (non-hydrogen) atoms. The second-order valence-electron chi connectivity index (χ2n) is 8.44. The van der Waals surface area contributed by atoms with Crippen LogP contribution in [-0.2, 0) is 13.2 Å². The summed E-state index contributed by atoms with van der Waals surface area (Å²) in [7, 11) is 1.33. The Morgan fingerprint density at radius 2 is 1.72 bits per heavy atom. The molecule has 2 N–H and O–H groups in total. The van der Waals surface area contributed by atoms with Crippen LogP contribution in [-0.4, -0.2) is 26.8 Å². The summed E-state index contributed by atoms with van der Waals surface area (Å²) in [5.74, 6) is -2.09. The first-order chi connectivity index (χ1) is 18.3. The van der Waals surface area contributed by atoms with Gasteiger partial charge in [-0.1, -0.05) is 24.3 Å². The van der Waals surface area contributed by atoms with Crippen molar-refractivity contribution in [3.8, 4) is 22.1 Å². The number of carboxylic acid groups (broad SMARTS) is 1. The van der Waals surface area contributed by atoms with Crippen molar-refractivity contribution in [2.45, 2.75) is 25.6 Å². The molecule has 0 bridgehead atoms. The lowest BCUT2D eigenvalue weighted by molar-refractivity contribution is -0.137. The third-order valence-electron chi connectivity index (χ3n) is 5.75. The van der Waals surface area contributed by atoms with E-state index >= 15 is 0 Å². The van der Waals surface area contributed by atoms with E-state index in [9.17, 15) is 31.5 Å². The first-order valence-corrected chi connectivity index (χ1v) is 12.2. The lowest BCUT2D eigenvalue weighted by Crippen LogP contribution is -2.27. The molecule has 1 amide bonds. The van der Waals surface area contributed by atoms with Gasteiger partial charge >= 0.3 is 12.1 Å². The van der Waals surface area contributed by atoms with Crippen molar-refractivity contribution in [1.29, 1.82) is 0 Å².